The summed E-state index contributed by atoms with van der Waals surface area (Å²) in [6, 6.07) is 4.38. The Balaban J connectivity index is 1.89. The molecule has 0 spiro atoms. The molecule has 2 heterocycles. The Bertz CT molecular complexity index is 777. The van der Waals surface area contributed by atoms with Crippen molar-refractivity contribution >= 4 is 16.9 Å². The summed E-state index contributed by atoms with van der Waals surface area (Å²) in [5.41, 5.74) is 5.35. The summed E-state index contributed by atoms with van der Waals surface area (Å²) in [7, 11) is 3.43. The average Bonchev–Trinajstić information content (AvgIpc) is 3.03. The number of methoxy groups -OCH3 is 1. The quantitative estimate of drug-likeness (QED) is 0.791. The fourth-order valence-corrected chi connectivity index (χ4v) is 3.46. The molecule has 130 valence electrons. The predicted octanol–water partition coefficient (Wildman–Crippen LogP) is 3.01. The number of benzene rings is 1. The van der Waals surface area contributed by atoms with Gasteiger partial charge in [-0.3, -0.25) is 4.90 Å². The molecule has 0 atom stereocenters. The van der Waals surface area contributed by atoms with Crippen molar-refractivity contribution in [2.24, 2.45) is 7.05 Å². The van der Waals surface area contributed by atoms with Crippen LogP contribution in [-0.4, -0.2) is 41.8 Å². The number of ether oxygens (including phenoxy) is 2. The Morgan fingerprint density at radius 1 is 1.25 bits per heavy atom. The van der Waals surface area contributed by atoms with Crippen LogP contribution >= 0.6 is 0 Å². The van der Waals surface area contributed by atoms with Crippen LogP contribution in [0, 0.1) is 6.92 Å². The standard InChI is InChI=1S/C19H26N2O3/c1-12(2)24-7-6-21-10-14-8-16-17(9-15(14)11-21)20(4)13(3)18(16)19(22)23-5/h8-9,12H,6-7,10-11H2,1-5H3. The minimum Gasteiger partial charge on any atom is -0.465 e. The molecule has 1 aromatic carbocycles. The van der Waals surface area contributed by atoms with Gasteiger partial charge in [0.1, 0.15) is 0 Å². The molecule has 5 heteroatoms. The predicted molar refractivity (Wildman–Crippen MR) is 94.2 cm³/mol. The van der Waals surface area contributed by atoms with E-state index in [0.29, 0.717) is 5.56 Å². The largest absolute Gasteiger partial charge is 0.465 e. The molecule has 0 saturated carbocycles. The van der Waals surface area contributed by atoms with Crippen LogP contribution in [0.15, 0.2) is 12.1 Å². The number of hydrogen-bond donors (Lipinski definition) is 0. The van der Waals surface area contributed by atoms with Gasteiger partial charge in [0.15, 0.2) is 0 Å². The second kappa shape index (κ2) is 6.57. The minimum absolute atomic E-state index is 0.266. The van der Waals surface area contributed by atoms with Crippen molar-refractivity contribution in [1.29, 1.82) is 0 Å². The Hall–Kier alpha value is -1.85. The normalized spacial score (nSPS) is 14.6. The molecule has 24 heavy (non-hydrogen) atoms. The molecule has 0 amide bonds. The van der Waals surface area contributed by atoms with E-state index in [9.17, 15) is 4.79 Å². The highest BCUT2D eigenvalue weighted by Crippen LogP contribution is 2.32. The third-order valence-corrected chi connectivity index (χ3v) is 4.85. The number of hydrogen-bond acceptors (Lipinski definition) is 4. The van der Waals surface area contributed by atoms with Gasteiger partial charge in [0.2, 0.25) is 0 Å². The summed E-state index contributed by atoms with van der Waals surface area (Å²) < 4.78 is 12.7. The van der Waals surface area contributed by atoms with Crippen LogP contribution in [0.2, 0.25) is 0 Å². The summed E-state index contributed by atoms with van der Waals surface area (Å²) in [6.45, 7) is 9.59. The number of carbonyl (C=O) groups excluding carboxylic acids is 1. The number of carbonyl (C=O) groups is 1. The first kappa shape index (κ1) is 17.0. The summed E-state index contributed by atoms with van der Waals surface area (Å²) in [5.74, 6) is -0.266. The van der Waals surface area contributed by atoms with Crippen molar-refractivity contribution < 1.29 is 14.3 Å². The van der Waals surface area contributed by atoms with Crippen molar-refractivity contribution in [2.75, 3.05) is 20.3 Å². The number of rotatable bonds is 5. The highest BCUT2D eigenvalue weighted by Gasteiger charge is 2.24. The summed E-state index contributed by atoms with van der Waals surface area (Å²) in [4.78, 5) is 14.6. The minimum atomic E-state index is -0.266. The number of esters is 1. The highest BCUT2D eigenvalue weighted by molar-refractivity contribution is 6.06. The molecule has 0 saturated heterocycles. The highest BCUT2D eigenvalue weighted by atomic mass is 16.5. The fraction of sp³-hybridized carbons (Fsp3) is 0.526. The Morgan fingerprint density at radius 2 is 1.92 bits per heavy atom. The third kappa shape index (κ3) is 2.94. The van der Waals surface area contributed by atoms with Crippen LogP contribution in [0.1, 0.15) is 41.0 Å². The maximum atomic E-state index is 12.2. The first-order valence-corrected chi connectivity index (χ1v) is 8.45. The monoisotopic (exact) mass is 330 g/mol. The van der Waals surface area contributed by atoms with Crippen molar-refractivity contribution in [3.8, 4) is 0 Å². The zero-order valence-corrected chi connectivity index (χ0v) is 15.2. The van der Waals surface area contributed by atoms with Gasteiger partial charge in [-0.1, -0.05) is 0 Å². The van der Waals surface area contributed by atoms with E-state index in [0.717, 1.165) is 42.8 Å². The number of nitrogens with zero attached hydrogens (tertiary/aromatic N) is 2. The molecule has 1 aliphatic rings. The molecule has 3 rings (SSSR count). The van der Waals surface area contributed by atoms with Crippen molar-refractivity contribution in [3.05, 3.63) is 34.5 Å². The van der Waals surface area contributed by atoms with E-state index in [1.807, 2.05) is 14.0 Å². The molecule has 0 N–H and O–H groups in total. The van der Waals surface area contributed by atoms with Gasteiger partial charge >= 0.3 is 5.97 Å². The van der Waals surface area contributed by atoms with Crippen LogP contribution in [0.25, 0.3) is 10.9 Å². The molecule has 5 nitrogen and oxygen atoms in total. The van der Waals surface area contributed by atoms with E-state index in [-0.39, 0.29) is 12.1 Å². The molecule has 0 aliphatic carbocycles. The topological polar surface area (TPSA) is 43.7 Å². The molecule has 0 fully saturated rings. The molecular weight excluding hydrogens is 304 g/mol. The Morgan fingerprint density at radius 3 is 2.54 bits per heavy atom. The zero-order valence-electron chi connectivity index (χ0n) is 15.2. The van der Waals surface area contributed by atoms with Crippen LogP contribution in [0.3, 0.4) is 0 Å². The smallest absolute Gasteiger partial charge is 0.340 e. The van der Waals surface area contributed by atoms with Gasteiger partial charge in [-0.15, -0.1) is 0 Å². The van der Waals surface area contributed by atoms with Crippen LogP contribution < -0.4 is 0 Å². The van der Waals surface area contributed by atoms with Crippen LogP contribution in [0.5, 0.6) is 0 Å². The fourth-order valence-electron chi connectivity index (χ4n) is 3.46. The second-order valence-corrected chi connectivity index (χ2v) is 6.78. The molecule has 2 aromatic rings. The molecular formula is C19H26N2O3. The first-order valence-electron chi connectivity index (χ1n) is 8.45. The van der Waals surface area contributed by atoms with Gasteiger partial charge in [0, 0.05) is 43.3 Å². The van der Waals surface area contributed by atoms with Crippen molar-refractivity contribution in [2.45, 2.75) is 40.0 Å². The van der Waals surface area contributed by atoms with Gasteiger partial charge in [-0.2, -0.15) is 0 Å². The number of aryl methyl sites for hydroxylation is 1. The molecule has 0 bridgehead atoms. The van der Waals surface area contributed by atoms with Gasteiger partial charge in [0.05, 0.1) is 25.4 Å². The lowest BCUT2D eigenvalue weighted by atomic mass is 10.0. The van der Waals surface area contributed by atoms with E-state index in [4.69, 9.17) is 9.47 Å². The first-order chi connectivity index (χ1) is 11.4. The number of aromatic nitrogens is 1. The molecule has 1 aliphatic heterocycles. The van der Waals surface area contributed by atoms with Crippen molar-refractivity contribution in [1.82, 2.24) is 9.47 Å². The maximum absolute atomic E-state index is 12.2. The van der Waals surface area contributed by atoms with Crippen molar-refractivity contribution in [3.63, 3.8) is 0 Å². The van der Waals surface area contributed by atoms with E-state index < -0.39 is 0 Å². The van der Waals surface area contributed by atoms with E-state index in [1.54, 1.807) is 0 Å². The second-order valence-electron chi connectivity index (χ2n) is 6.78. The Labute approximate surface area is 143 Å². The average molecular weight is 330 g/mol. The lowest BCUT2D eigenvalue weighted by Gasteiger charge is -2.15. The van der Waals surface area contributed by atoms with Crippen LogP contribution in [-0.2, 0) is 29.6 Å². The van der Waals surface area contributed by atoms with Crippen LogP contribution in [0.4, 0.5) is 0 Å². The lowest BCUT2D eigenvalue weighted by Crippen LogP contribution is -2.23. The van der Waals surface area contributed by atoms with E-state index in [2.05, 4.69) is 35.4 Å². The maximum Gasteiger partial charge on any atom is 0.340 e. The van der Waals surface area contributed by atoms with Gasteiger partial charge in [0.25, 0.3) is 0 Å². The van der Waals surface area contributed by atoms with Gasteiger partial charge < -0.3 is 14.0 Å². The third-order valence-electron chi connectivity index (χ3n) is 4.85. The van der Waals surface area contributed by atoms with Gasteiger partial charge in [-0.05, 0) is 44.0 Å². The summed E-state index contributed by atoms with van der Waals surface area (Å²) in [5, 5.41) is 0.987. The van der Waals surface area contributed by atoms with E-state index >= 15 is 0 Å². The van der Waals surface area contributed by atoms with Gasteiger partial charge in [-0.25, -0.2) is 4.79 Å². The molecule has 0 radical (unpaired) electrons. The molecule has 0 unspecified atom stereocenters. The molecule has 1 aromatic heterocycles. The lowest BCUT2D eigenvalue weighted by molar-refractivity contribution is 0.0583. The Kier molecular flexibility index (Phi) is 4.65. The summed E-state index contributed by atoms with van der Waals surface area (Å²) >= 11 is 0. The summed E-state index contributed by atoms with van der Waals surface area (Å²) in [6.07, 6.45) is 0.267. The van der Waals surface area contributed by atoms with E-state index in [1.165, 1.54) is 18.2 Å². The number of fused-ring (bicyclic) bond motifs is 2. The SMILES string of the molecule is COC(=O)c1c(C)n(C)c2cc3c(cc12)CN(CCOC(C)C)C3. The zero-order chi connectivity index (χ0) is 17.4.